The number of fused-ring (bicyclic) bond motifs is 1. The summed E-state index contributed by atoms with van der Waals surface area (Å²) in [5, 5.41) is 14.9. The van der Waals surface area contributed by atoms with E-state index in [0.717, 1.165) is 17.5 Å². The van der Waals surface area contributed by atoms with Crippen LogP contribution >= 0.6 is 0 Å². The molecule has 4 N–H and O–H groups in total. The van der Waals surface area contributed by atoms with Gasteiger partial charge in [-0.1, -0.05) is 13.3 Å². The van der Waals surface area contributed by atoms with Crippen LogP contribution in [-0.2, 0) is 11.8 Å². The summed E-state index contributed by atoms with van der Waals surface area (Å²) in [5.41, 5.74) is 6.65. The lowest BCUT2D eigenvalue weighted by Crippen LogP contribution is -2.48. The average molecular weight is 264 g/mol. The molecule has 0 aliphatic heterocycles. The highest BCUT2D eigenvalue weighted by molar-refractivity contribution is 6.03. The first-order valence-electron chi connectivity index (χ1n) is 6.35. The molecule has 0 aromatic carbocycles. The molecule has 0 saturated carbocycles. The molecule has 2 aromatic heterocycles. The second-order valence-electron chi connectivity index (χ2n) is 5.13. The number of amides is 1. The number of nitrogens with zero attached hydrogens (tertiary/aromatic N) is 3. The lowest BCUT2D eigenvalue weighted by Gasteiger charge is -2.22. The Hall–Kier alpha value is -1.89. The van der Waals surface area contributed by atoms with Crippen molar-refractivity contribution < 1.29 is 4.79 Å². The monoisotopic (exact) mass is 264 g/mol. The van der Waals surface area contributed by atoms with Gasteiger partial charge in [-0.25, -0.2) is 4.68 Å². The van der Waals surface area contributed by atoms with Crippen molar-refractivity contribution in [1.29, 1.82) is 0 Å². The van der Waals surface area contributed by atoms with Gasteiger partial charge in [-0.3, -0.25) is 9.89 Å². The third-order valence-corrected chi connectivity index (χ3v) is 3.24. The molecule has 0 bridgehead atoms. The lowest BCUT2D eigenvalue weighted by atomic mass is 9.96. The van der Waals surface area contributed by atoms with E-state index >= 15 is 0 Å². The highest BCUT2D eigenvalue weighted by Crippen LogP contribution is 2.24. The maximum absolute atomic E-state index is 12.2. The molecule has 7 heteroatoms. The highest BCUT2D eigenvalue weighted by Gasteiger charge is 2.28. The normalized spacial score (nSPS) is 14.6. The number of carbonyl (C=O) groups excluding carboxylic acids is 1. The third kappa shape index (κ3) is 2.33. The molecule has 2 rings (SSSR count). The minimum atomic E-state index is -0.887. The van der Waals surface area contributed by atoms with Gasteiger partial charge in [-0.05, 0) is 20.3 Å². The van der Waals surface area contributed by atoms with Crippen molar-refractivity contribution >= 4 is 22.8 Å². The van der Waals surface area contributed by atoms with E-state index in [1.807, 2.05) is 20.9 Å². The van der Waals surface area contributed by atoms with Crippen LogP contribution in [0, 0.1) is 6.92 Å². The van der Waals surface area contributed by atoms with Gasteiger partial charge in [0.05, 0.1) is 16.6 Å². The smallest absolute Gasteiger partial charge is 0.245 e. The molecule has 104 valence electrons. The molecule has 0 aliphatic rings. The summed E-state index contributed by atoms with van der Waals surface area (Å²) in [7, 11) is 1.81. The minimum Gasteiger partial charge on any atom is -0.318 e. The van der Waals surface area contributed by atoms with E-state index in [4.69, 9.17) is 5.73 Å². The fraction of sp³-hybridized carbons (Fsp3) is 0.583. The van der Waals surface area contributed by atoms with Crippen LogP contribution in [0.15, 0.2) is 0 Å². The quantitative estimate of drug-likeness (QED) is 0.768. The van der Waals surface area contributed by atoms with Crippen LogP contribution in [0.5, 0.6) is 0 Å². The number of aryl methyl sites for hydroxylation is 2. The van der Waals surface area contributed by atoms with E-state index in [2.05, 4.69) is 20.6 Å². The first-order valence-corrected chi connectivity index (χ1v) is 6.35. The van der Waals surface area contributed by atoms with E-state index in [1.165, 1.54) is 0 Å². The molecular formula is C12H20N6O. The highest BCUT2D eigenvalue weighted by atomic mass is 16.2. The van der Waals surface area contributed by atoms with Gasteiger partial charge in [0.1, 0.15) is 5.82 Å². The molecule has 0 saturated heterocycles. The summed E-state index contributed by atoms with van der Waals surface area (Å²) in [5.74, 6) is 0.335. The predicted octanol–water partition coefficient (Wildman–Crippen LogP) is 1.06. The van der Waals surface area contributed by atoms with E-state index in [-0.39, 0.29) is 5.91 Å². The Balaban J connectivity index is 2.29. The van der Waals surface area contributed by atoms with Gasteiger partial charge in [0.25, 0.3) is 0 Å². The molecule has 0 radical (unpaired) electrons. The number of hydrogen-bond donors (Lipinski definition) is 3. The number of carbonyl (C=O) groups is 1. The number of nitrogens with one attached hydrogen (secondary N) is 2. The zero-order valence-corrected chi connectivity index (χ0v) is 11.7. The Kier molecular flexibility index (Phi) is 3.32. The number of nitrogens with two attached hydrogens (primary N) is 1. The van der Waals surface area contributed by atoms with Crippen molar-refractivity contribution in [3.8, 4) is 0 Å². The van der Waals surface area contributed by atoms with Crippen molar-refractivity contribution in [2.75, 3.05) is 5.32 Å². The Morgan fingerprint density at radius 1 is 1.58 bits per heavy atom. The van der Waals surface area contributed by atoms with Gasteiger partial charge in [0, 0.05) is 7.05 Å². The molecule has 2 heterocycles. The summed E-state index contributed by atoms with van der Waals surface area (Å²) in [4.78, 5) is 12.2. The van der Waals surface area contributed by atoms with E-state index in [1.54, 1.807) is 11.6 Å². The molecule has 0 aliphatic carbocycles. The van der Waals surface area contributed by atoms with Crippen LogP contribution in [0.3, 0.4) is 0 Å². The summed E-state index contributed by atoms with van der Waals surface area (Å²) >= 11 is 0. The van der Waals surface area contributed by atoms with Crippen LogP contribution in [0.25, 0.3) is 11.0 Å². The van der Waals surface area contributed by atoms with Gasteiger partial charge in [-0.15, -0.1) is 0 Å². The summed E-state index contributed by atoms with van der Waals surface area (Å²) in [6, 6.07) is 0. The molecule has 0 fully saturated rings. The van der Waals surface area contributed by atoms with Gasteiger partial charge < -0.3 is 11.1 Å². The zero-order valence-electron chi connectivity index (χ0n) is 11.7. The summed E-state index contributed by atoms with van der Waals surface area (Å²) in [6.45, 7) is 5.61. The number of rotatable bonds is 4. The Morgan fingerprint density at radius 3 is 2.89 bits per heavy atom. The van der Waals surface area contributed by atoms with Crippen molar-refractivity contribution in [2.45, 2.75) is 39.2 Å². The number of aromatic nitrogens is 4. The van der Waals surface area contributed by atoms with Crippen LogP contribution in [0.4, 0.5) is 5.82 Å². The second-order valence-corrected chi connectivity index (χ2v) is 5.13. The number of anilines is 1. The molecule has 1 atom stereocenters. The maximum Gasteiger partial charge on any atom is 0.245 e. The average Bonchev–Trinajstić information content (AvgIpc) is 2.83. The second kappa shape index (κ2) is 4.65. The number of H-pyrrole nitrogens is 1. The van der Waals surface area contributed by atoms with Crippen LogP contribution in [0.2, 0.25) is 0 Å². The first-order chi connectivity index (χ1) is 8.86. The van der Waals surface area contributed by atoms with Crippen molar-refractivity contribution in [3.63, 3.8) is 0 Å². The predicted molar refractivity (Wildman–Crippen MR) is 73.7 cm³/mol. The fourth-order valence-electron chi connectivity index (χ4n) is 2.21. The Bertz CT molecular complexity index is 609. The van der Waals surface area contributed by atoms with Gasteiger partial charge in [0.2, 0.25) is 5.91 Å². The fourth-order valence-corrected chi connectivity index (χ4v) is 2.21. The standard InChI is InChI=1S/C12H20N6O/c1-5-6-12(3,13)11(19)14-9-8-7(2)17-18(4)10(8)16-15-9/h5-6,13H2,1-4H3,(H2,14,15,16,19). The maximum atomic E-state index is 12.2. The van der Waals surface area contributed by atoms with Gasteiger partial charge >= 0.3 is 0 Å². The van der Waals surface area contributed by atoms with E-state index < -0.39 is 5.54 Å². The zero-order chi connectivity index (χ0) is 14.2. The Morgan fingerprint density at radius 2 is 2.26 bits per heavy atom. The molecule has 19 heavy (non-hydrogen) atoms. The summed E-state index contributed by atoms with van der Waals surface area (Å²) in [6.07, 6.45) is 1.48. The number of aromatic amines is 1. The van der Waals surface area contributed by atoms with Crippen LogP contribution < -0.4 is 11.1 Å². The van der Waals surface area contributed by atoms with E-state index in [9.17, 15) is 4.79 Å². The number of hydrogen-bond acceptors (Lipinski definition) is 4. The van der Waals surface area contributed by atoms with Gasteiger partial charge in [-0.2, -0.15) is 10.2 Å². The van der Waals surface area contributed by atoms with E-state index in [0.29, 0.717) is 17.9 Å². The molecule has 0 spiro atoms. The molecule has 7 nitrogen and oxygen atoms in total. The van der Waals surface area contributed by atoms with Crippen molar-refractivity contribution in [3.05, 3.63) is 5.69 Å². The largest absolute Gasteiger partial charge is 0.318 e. The first kappa shape index (κ1) is 13.5. The summed E-state index contributed by atoms with van der Waals surface area (Å²) < 4.78 is 1.67. The molecule has 1 unspecified atom stereocenters. The van der Waals surface area contributed by atoms with Crippen molar-refractivity contribution in [2.24, 2.45) is 12.8 Å². The van der Waals surface area contributed by atoms with Crippen LogP contribution in [0.1, 0.15) is 32.4 Å². The Labute approximate surface area is 111 Å². The topological polar surface area (TPSA) is 102 Å². The molecule has 1 amide bonds. The molecule has 2 aromatic rings. The SMILES string of the molecule is CCCC(C)(N)C(=O)Nc1[nH]nc2c1c(C)nn2C. The van der Waals surface area contributed by atoms with Crippen LogP contribution in [-0.4, -0.2) is 31.4 Å². The van der Waals surface area contributed by atoms with Gasteiger partial charge in [0.15, 0.2) is 5.65 Å². The minimum absolute atomic E-state index is 0.219. The lowest BCUT2D eigenvalue weighted by molar-refractivity contribution is -0.120. The third-order valence-electron chi connectivity index (χ3n) is 3.24. The molecular weight excluding hydrogens is 244 g/mol. The van der Waals surface area contributed by atoms with Crippen molar-refractivity contribution in [1.82, 2.24) is 20.0 Å².